The van der Waals surface area contributed by atoms with E-state index < -0.39 is 57.7 Å². The van der Waals surface area contributed by atoms with Crippen LogP contribution in [0.4, 0.5) is 35.1 Å². The van der Waals surface area contributed by atoms with Crippen molar-refractivity contribution < 1.29 is 52.2 Å². The monoisotopic (exact) mass is 662 g/mol. The Bertz CT molecular complexity index is 1250. The topological polar surface area (TPSA) is 25.8 Å². The molecule has 0 spiro atoms. The minimum Gasteiger partial charge on any atom is -0.305 e. The van der Waals surface area contributed by atoms with Gasteiger partial charge in [-0.2, -0.15) is 0 Å². The van der Waals surface area contributed by atoms with Crippen LogP contribution in [0.1, 0.15) is 0 Å². The third kappa shape index (κ3) is 12.5. The van der Waals surface area contributed by atoms with Crippen LogP contribution in [-0.2, 0) is 17.1 Å². The molecule has 0 aliphatic rings. The summed E-state index contributed by atoms with van der Waals surface area (Å²) in [6, 6.07) is 12.4. The molecule has 0 aliphatic heterocycles. The van der Waals surface area contributed by atoms with Gasteiger partial charge in [0.15, 0.2) is 0 Å². The van der Waals surface area contributed by atoms with Gasteiger partial charge >= 0.3 is 17.1 Å². The summed E-state index contributed by atoms with van der Waals surface area (Å²) >= 11 is 0. The summed E-state index contributed by atoms with van der Waals surface area (Å²) < 4.78 is 103. The second-order valence-electron chi connectivity index (χ2n) is 8.94. The third-order valence-corrected chi connectivity index (χ3v) is 3.91. The maximum absolute atomic E-state index is 13.3. The first kappa shape index (κ1) is 38.6. The van der Waals surface area contributed by atoms with E-state index in [1.807, 2.05) is 0 Å². The molecule has 0 unspecified atom stereocenters. The number of hydrogen-bond donors (Lipinski definition) is 0. The molecule has 0 fully saturated rings. The fourth-order valence-electron chi connectivity index (χ4n) is 2.42. The summed E-state index contributed by atoms with van der Waals surface area (Å²) in [5, 5.41) is 0. The maximum atomic E-state index is 13.3. The molecule has 0 saturated heterocycles. The van der Waals surface area contributed by atoms with Gasteiger partial charge < -0.3 is 9.97 Å². The van der Waals surface area contributed by atoms with E-state index in [9.17, 15) is 35.1 Å². The fourth-order valence-corrected chi connectivity index (χ4v) is 2.42. The van der Waals surface area contributed by atoms with E-state index in [0.717, 1.165) is 0 Å². The van der Waals surface area contributed by atoms with Crippen LogP contribution in [0.3, 0.4) is 0 Å². The Labute approximate surface area is 247 Å². The molecule has 2 nitrogen and oxygen atoms in total. The smallest absolute Gasteiger partial charge is 0.305 e. The molecule has 0 bridgehead atoms. The Hall–Kier alpha value is -2.44. The van der Waals surface area contributed by atoms with E-state index >= 15 is 0 Å². The molecule has 2 heterocycles. The summed E-state index contributed by atoms with van der Waals surface area (Å²) in [4.78, 5) is 7.39. The van der Waals surface area contributed by atoms with Crippen LogP contribution >= 0.6 is 15.8 Å². The predicted octanol–water partition coefficient (Wildman–Crippen LogP) is 8.39. The SMILES string of the molecule is C[PH+](C)C.C[PH+](C)C.Fc1[c-]c(-c2ccccn2)c(F)c(F)c1F.Fc1[c-]c(-c2ccccn2)c(F)c(F)c1F.[Fe+2]. The molecule has 41 heavy (non-hydrogen) atoms. The van der Waals surface area contributed by atoms with Gasteiger partial charge in [-0.05, 0) is 39.4 Å². The molecule has 0 atom stereocenters. The first-order chi connectivity index (χ1) is 18.7. The van der Waals surface area contributed by atoms with Gasteiger partial charge in [-0.15, -0.1) is 0 Å². The van der Waals surface area contributed by atoms with Crippen molar-refractivity contribution in [2.45, 2.75) is 0 Å². The van der Waals surface area contributed by atoms with Crippen LogP contribution in [0.15, 0.2) is 48.8 Å². The van der Waals surface area contributed by atoms with Gasteiger partial charge in [0.05, 0.1) is 23.3 Å². The van der Waals surface area contributed by atoms with Gasteiger partial charge in [0, 0.05) is 52.4 Å². The molecule has 0 saturated carbocycles. The summed E-state index contributed by atoms with van der Waals surface area (Å²) in [5.41, 5.74) is -1.09. The normalized spacial score (nSPS) is 9.95. The first-order valence-electron chi connectivity index (χ1n) is 11.6. The molecule has 222 valence electrons. The van der Waals surface area contributed by atoms with E-state index in [0.29, 0.717) is 0 Å². The standard InChI is InChI=1S/2C11H4F4N.2C3H9P.Fe/c2*12-7-5-6(8-3-1-2-4-16-8)9(13)11(15)10(7)14;2*1-4(2)3;/h2*1-4H;2*1-3H3;/q2*-1;;;+2/p+2. The van der Waals surface area contributed by atoms with Crippen molar-refractivity contribution in [2.75, 3.05) is 40.0 Å². The van der Waals surface area contributed by atoms with Crippen molar-refractivity contribution in [1.29, 1.82) is 0 Å². The van der Waals surface area contributed by atoms with E-state index in [4.69, 9.17) is 0 Å². The third-order valence-electron chi connectivity index (χ3n) is 3.91. The van der Waals surface area contributed by atoms with Crippen molar-refractivity contribution in [1.82, 2.24) is 9.97 Å². The molecule has 2 aromatic heterocycles. The number of rotatable bonds is 2. The number of benzene rings is 2. The molecular formula is C28H28F8FeN2P2+2. The van der Waals surface area contributed by atoms with Crippen LogP contribution in [0.5, 0.6) is 0 Å². The average Bonchev–Trinajstić information content (AvgIpc) is 2.91. The number of hydrogen-bond acceptors (Lipinski definition) is 2. The zero-order valence-corrected chi connectivity index (χ0v) is 26.0. The van der Waals surface area contributed by atoms with Crippen molar-refractivity contribution in [3.8, 4) is 22.5 Å². The van der Waals surface area contributed by atoms with Crippen LogP contribution in [0.2, 0.25) is 0 Å². The van der Waals surface area contributed by atoms with E-state index in [-0.39, 0.29) is 44.3 Å². The van der Waals surface area contributed by atoms with Crippen LogP contribution in [-0.4, -0.2) is 50.0 Å². The van der Waals surface area contributed by atoms with Gasteiger partial charge in [-0.1, -0.05) is 47.5 Å². The second-order valence-corrected chi connectivity index (χ2v) is 14.9. The first-order valence-corrected chi connectivity index (χ1v) is 17.6. The molecule has 0 N–H and O–H groups in total. The number of aromatic nitrogens is 2. The molecule has 13 heteroatoms. The van der Waals surface area contributed by atoms with Crippen molar-refractivity contribution >= 4 is 15.8 Å². The Kier molecular flexibility index (Phi) is 17.8. The number of pyridine rings is 2. The molecule has 2 aromatic carbocycles. The quantitative estimate of drug-likeness (QED) is 0.0539. The average molecular weight is 662 g/mol. The zero-order valence-electron chi connectivity index (χ0n) is 22.9. The van der Waals surface area contributed by atoms with Gasteiger partial charge in [0.2, 0.25) is 0 Å². The number of nitrogens with zero attached hydrogens (tertiary/aromatic N) is 2. The van der Waals surface area contributed by atoms with Gasteiger partial charge in [0.1, 0.15) is 23.3 Å². The fraction of sp³-hybridized carbons (Fsp3) is 0.214. The minimum atomic E-state index is -1.88. The molecule has 0 radical (unpaired) electrons. The predicted molar refractivity (Wildman–Crippen MR) is 149 cm³/mol. The summed E-state index contributed by atoms with van der Waals surface area (Å²) in [7, 11) is 0.241. The molecule has 0 aliphatic carbocycles. The van der Waals surface area contributed by atoms with E-state index in [2.05, 4.69) is 50.0 Å². The summed E-state index contributed by atoms with van der Waals surface area (Å²) in [6.07, 6.45) is 2.64. The van der Waals surface area contributed by atoms with Crippen molar-refractivity contribution in [3.63, 3.8) is 0 Å². The maximum Gasteiger partial charge on any atom is 2.00 e. The van der Waals surface area contributed by atoms with Gasteiger partial charge in [-0.3, -0.25) is 17.6 Å². The van der Waals surface area contributed by atoms with Crippen LogP contribution < -0.4 is 0 Å². The second kappa shape index (κ2) is 18.9. The van der Waals surface area contributed by atoms with Crippen molar-refractivity contribution in [3.05, 3.63) is 107 Å². The number of halogens is 8. The minimum absolute atomic E-state index is 0. The molecule has 0 amide bonds. The van der Waals surface area contributed by atoms with Gasteiger partial charge in [-0.25, -0.2) is 17.6 Å². The van der Waals surface area contributed by atoms with E-state index in [1.54, 1.807) is 24.3 Å². The van der Waals surface area contributed by atoms with Gasteiger partial charge in [0.25, 0.3) is 0 Å². The summed E-state index contributed by atoms with van der Waals surface area (Å²) in [5.74, 6) is -13.6. The Balaban J connectivity index is 0.000000609. The Morgan fingerprint density at radius 1 is 0.488 bits per heavy atom. The largest absolute Gasteiger partial charge is 2.00 e. The molecule has 4 aromatic rings. The Morgan fingerprint density at radius 3 is 1.02 bits per heavy atom. The van der Waals surface area contributed by atoms with Crippen LogP contribution in [0.25, 0.3) is 22.5 Å². The van der Waals surface area contributed by atoms with E-state index in [1.165, 1.54) is 36.7 Å². The molecular weight excluding hydrogens is 634 g/mol. The summed E-state index contributed by atoms with van der Waals surface area (Å²) in [6.45, 7) is 13.6. The molecule has 4 rings (SSSR count). The van der Waals surface area contributed by atoms with Crippen LogP contribution in [0, 0.1) is 58.7 Å². The van der Waals surface area contributed by atoms with Crippen molar-refractivity contribution in [2.24, 2.45) is 0 Å². The Morgan fingerprint density at radius 2 is 0.780 bits per heavy atom. The zero-order chi connectivity index (χ0) is 30.6.